The van der Waals surface area contributed by atoms with E-state index in [1.807, 2.05) is 0 Å². The van der Waals surface area contributed by atoms with Crippen molar-refractivity contribution in [1.82, 2.24) is 24.8 Å². The topological polar surface area (TPSA) is 131 Å². The van der Waals surface area contributed by atoms with Crippen molar-refractivity contribution in [3.05, 3.63) is 12.7 Å². The molecule has 0 spiro atoms. The first kappa shape index (κ1) is 14.8. The third-order valence-electron chi connectivity index (χ3n) is 4.75. The molecule has 1 saturated carbocycles. The maximum atomic E-state index is 10.7. The molecular formula is C14H20N6O3. The Labute approximate surface area is 132 Å². The minimum absolute atomic E-state index is 0.165. The lowest BCUT2D eigenvalue weighted by atomic mass is 9.91. The van der Waals surface area contributed by atoms with Gasteiger partial charge in [0.2, 0.25) is 0 Å². The molecule has 3 heterocycles. The van der Waals surface area contributed by atoms with Gasteiger partial charge in [-0.3, -0.25) is 4.57 Å². The molecule has 2 aliphatic rings. The second-order valence-electron chi connectivity index (χ2n) is 6.14. The van der Waals surface area contributed by atoms with Crippen LogP contribution in [-0.2, 0) is 4.74 Å². The van der Waals surface area contributed by atoms with E-state index in [1.54, 1.807) is 4.57 Å². The second kappa shape index (κ2) is 5.68. The summed E-state index contributed by atoms with van der Waals surface area (Å²) in [7, 11) is 0. The van der Waals surface area contributed by atoms with Crippen LogP contribution in [0.3, 0.4) is 0 Å². The second-order valence-corrected chi connectivity index (χ2v) is 6.14. The summed E-state index contributed by atoms with van der Waals surface area (Å²) in [5.41, 5.74) is 6.77. The molecule has 9 nitrogen and oxygen atoms in total. The molecule has 124 valence electrons. The SMILES string of the molecule is Nc1ncnc2c1ncn2C1OC(CO)C(NC2CCC2)C1O. The lowest BCUT2D eigenvalue weighted by Crippen LogP contribution is -2.52. The average molecular weight is 320 g/mol. The fraction of sp³-hybridized carbons (Fsp3) is 0.643. The Bertz CT molecular complexity index is 703. The first-order valence-corrected chi connectivity index (χ1v) is 7.82. The van der Waals surface area contributed by atoms with Crippen LogP contribution >= 0.6 is 0 Å². The van der Waals surface area contributed by atoms with Gasteiger partial charge >= 0.3 is 0 Å². The number of aliphatic hydroxyl groups excluding tert-OH is 2. The summed E-state index contributed by atoms with van der Waals surface area (Å²) in [6, 6.07) is 0.0514. The zero-order valence-electron chi connectivity index (χ0n) is 12.5. The Morgan fingerprint density at radius 3 is 2.87 bits per heavy atom. The molecule has 9 heteroatoms. The number of hydrogen-bond donors (Lipinski definition) is 4. The number of nitrogens with zero attached hydrogens (tertiary/aromatic N) is 4. The number of imidazole rings is 1. The van der Waals surface area contributed by atoms with E-state index in [1.165, 1.54) is 19.1 Å². The van der Waals surface area contributed by atoms with E-state index in [0.29, 0.717) is 17.2 Å². The van der Waals surface area contributed by atoms with Crippen LogP contribution in [0.5, 0.6) is 0 Å². The zero-order chi connectivity index (χ0) is 16.0. The van der Waals surface area contributed by atoms with Gasteiger partial charge in [0.15, 0.2) is 17.7 Å². The first-order chi connectivity index (χ1) is 11.2. The third-order valence-corrected chi connectivity index (χ3v) is 4.75. The van der Waals surface area contributed by atoms with Crippen molar-refractivity contribution in [2.75, 3.05) is 12.3 Å². The summed E-state index contributed by atoms with van der Waals surface area (Å²) in [6.45, 7) is -0.165. The van der Waals surface area contributed by atoms with Gasteiger partial charge in [-0.15, -0.1) is 0 Å². The number of ether oxygens (including phenoxy) is 1. The van der Waals surface area contributed by atoms with Gasteiger partial charge in [-0.25, -0.2) is 15.0 Å². The summed E-state index contributed by atoms with van der Waals surface area (Å²) in [4.78, 5) is 12.3. The van der Waals surface area contributed by atoms with Gasteiger partial charge in [-0.05, 0) is 12.8 Å². The van der Waals surface area contributed by atoms with Crippen LogP contribution in [0, 0.1) is 0 Å². The minimum Gasteiger partial charge on any atom is -0.394 e. The Kier molecular flexibility index (Phi) is 3.64. The molecule has 4 unspecified atom stereocenters. The van der Waals surface area contributed by atoms with Crippen molar-refractivity contribution < 1.29 is 14.9 Å². The van der Waals surface area contributed by atoms with Gasteiger partial charge in [0.05, 0.1) is 19.0 Å². The van der Waals surface area contributed by atoms with Crippen molar-refractivity contribution in [1.29, 1.82) is 0 Å². The lowest BCUT2D eigenvalue weighted by Gasteiger charge is -2.32. The number of aromatic nitrogens is 4. The van der Waals surface area contributed by atoms with Crippen LogP contribution in [0.1, 0.15) is 25.5 Å². The first-order valence-electron chi connectivity index (χ1n) is 7.82. The molecule has 5 N–H and O–H groups in total. The smallest absolute Gasteiger partial charge is 0.167 e. The number of nitrogens with one attached hydrogen (secondary N) is 1. The minimum atomic E-state index is -0.818. The van der Waals surface area contributed by atoms with E-state index in [2.05, 4.69) is 20.3 Å². The molecule has 1 aliphatic heterocycles. The normalized spacial score (nSPS) is 31.6. The van der Waals surface area contributed by atoms with E-state index in [0.717, 1.165) is 12.8 Å². The maximum Gasteiger partial charge on any atom is 0.167 e. The highest BCUT2D eigenvalue weighted by atomic mass is 16.5. The molecule has 1 aliphatic carbocycles. The van der Waals surface area contributed by atoms with Gasteiger partial charge in [0.25, 0.3) is 0 Å². The average Bonchev–Trinajstić information content (AvgIpc) is 3.05. The summed E-state index contributed by atoms with van der Waals surface area (Å²) < 4.78 is 7.50. The molecule has 0 aromatic carbocycles. The van der Waals surface area contributed by atoms with Crippen LogP contribution in [0.2, 0.25) is 0 Å². The van der Waals surface area contributed by atoms with Crippen LogP contribution in [-0.4, -0.2) is 60.6 Å². The number of rotatable bonds is 4. The molecule has 0 amide bonds. The quantitative estimate of drug-likeness (QED) is 0.574. The number of nitrogens with two attached hydrogens (primary N) is 1. The molecule has 2 aromatic rings. The highest BCUT2D eigenvalue weighted by Crippen LogP contribution is 2.33. The fourth-order valence-corrected chi connectivity index (χ4v) is 3.24. The zero-order valence-corrected chi connectivity index (χ0v) is 12.5. The van der Waals surface area contributed by atoms with Crippen molar-refractivity contribution >= 4 is 17.0 Å². The Hall–Kier alpha value is -1.81. The molecule has 4 rings (SSSR count). The summed E-state index contributed by atoms with van der Waals surface area (Å²) in [6.07, 6.45) is 4.27. The summed E-state index contributed by atoms with van der Waals surface area (Å²) >= 11 is 0. The van der Waals surface area contributed by atoms with Crippen molar-refractivity contribution in [2.45, 2.75) is 49.8 Å². The molecule has 0 radical (unpaired) electrons. The van der Waals surface area contributed by atoms with E-state index >= 15 is 0 Å². The van der Waals surface area contributed by atoms with Gasteiger partial charge in [0, 0.05) is 6.04 Å². The van der Waals surface area contributed by atoms with E-state index in [-0.39, 0.29) is 18.5 Å². The Balaban J connectivity index is 1.64. The predicted octanol–water partition coefficient (Wildman–Crippen LogP) is -0.830. The molecule has 4 atom stereocenters. The predicted molar refractivity (Wildman–Crippen MR) is 81.3 cm³/mol. The number of anilines is 1. The van der Waals surface area contributed by atoms with E-state index in [9.17, 15) is 10.2 Å². The molecular weight excluding hydrogens is 300 g/mol. The molecule has 2 fully saturated rings. The Morgan fingerprint density at radius 2 is 2.17 bits per heavy atom. The number of hydrogen-bond acceptors (Lipinski definition) is 8. The summed E-state index contributed by atoms with van der Waals surface area (Å²) in [5.74, 6) is 0.282. The fourth-order valence-electron chi connectivity index (χ4n) is 3.24. The van der Waals surface area contributed by atoms with Gasteiger partial charge in [-0.1, -0.05) is 6.42 Å². The molecule has 2 aromatic heterocycles. The van der Waals surface area contributed by atoms with Gasteiger partial charge in [-0.2, -0.15) is 0 Å². The van der Waals surface area contributed by atoms with E-state index in [4.69, 9.17) is 10.5 Å². The van der Waals surface area contributed by atoms with E-state index < -0.39 is 18.4 Å². The largest absolute Gasteiger partial charge is 0.394 e. The standard InChI is InChI=1S/C14H20N6O3/c15-12-10-13(17-5-16-12)20(6-18-10)14-11(22)9(8(4-21)23-14)19-7-2-1-3-7/h5-9,11,14,19,21-22H,1-4H2,(H2,15,16,17). The monoisotopic (exact) mass is 320 g/mol. The van der Waals surface area contributed by atoms with Crippen LogP contribution in [0.25, 0.3) is 11.2 Å². The molecule has 1 saturated heterocycles. The third kappa shape index (κ3) is 2.36. The van der Waals surface area contributed by atoms with Crippen molar-refractivity contribution in [3.63, 3.8) is 0 Å². The van der Waals surface area contributed by atoms with Crippen LogP contribution in [0.15, 0.2) is 12.7 Å². The van der Waals surface area contributed by atoms with Crippen LogP contribution in [0.4, 0.5) is 5.82 Å². The van der Waals surface area contributed by atoms with Gasteiger partial charge in [0.1, 0.15) is 24.1 Å². The maximum absolute atomic E-state index is 10.7. The molecule has 23 heavy (non-hydrogen) atoms. The Morgan fingerprint density at radius 1 is 1.35 bits per heavy atom. The summed E-state index contributed by atoms with van der Waals surface area (Å²) in [5, 5.41) is 23.7. The lowest BCUT2D eigenvalue weighted by molar-refractivity contribution is -0.0490. The number of aliphatic hydroxyl groups is 2. The van der Waals surface area contributed by atoms with Crippen LogP contribution < -0.4 is 11.1 Å². The highest BCUT2D eigenvalue weighted by molar-refractivity contribution is 5.81. The highest BCUT2D eigenvalue weighted by Gasteiger charge is 2.46. The van der Waals surface area contributed by atoms with Crippen molar-refractivity contribution in [3.8, 4) is 0 Å². The molecule has 0 bridgehead atoms. The number of nitrogen functional groups attached to an aromatic ring is 1. The van der Waals surface area contributed by atoms with Crippen molar-refractivity contribution in [2.24, 2.45) is 0 Å². The van der Waals surface area contributed by atoms with Gasteiger partial charge < -0.3 is 26.0 Å². The number of fused-ring (bicyclic) bond motifs is 1.